The molecule has 1 N–H and O–H groups in total. The molecule has 0 radical (unpaired) electrons. The monoisotopic (exact) mass is 454 g/mol. The number of aromatic nitrogens is 1. The van der Waals surface area contributed by atoms with Crippen LogP contribution < -0.4 is 10.1 Å². The molecule has 1 heterocycles. The maximum atomic E-state index is 13.0. The van der Waals surface area contributed by atoms with E-state index in [-0.39, 0.29) is 29.7 Å². The Hall–Kier alpha value is -3.65. The van der Waals surface area contributed by atoms with Gasteiger partial charge < -0.3 is 15.0 Å². The molecular weight excluding hydrogens is 432 g/mol. The maximum absolute atomic E-state index is 13.0. The maximum Gasteiger partial charge on any atom is 0.293 e. The number of pyridine rings is 1. The third-order valence-electron chi connectivity index (χ3n) is 4.94. The minimum absolute atomic E-state index is 0.188. The summed E-state index contributed by atoms with van der Waals surface area (Å²) in [5.41, 5.74) is 1.80. The van der Waals surface area contributed by atoms with Crippen molar-refractivity contribution in [1.82, 2.24) is 9.88 Å². The predicted molar refractivity (Wildman–Crippen MR) is 123 cm³/mol. The van der Waals surface area contributed by atoms with Gasteiger partial charge in [0.2, 0.25) is 0 Å². The summed E-state index contributed by atoms with van der Waals surface area (Å²) in [5, 5.41) is 15.3. The molecule has 2 aromatic carbocycles. The number of ether oxygens (including phenoxy) is 1. The normalized spacial score (nSPS) is 11.5. The molecule has 0 bridgehead atoms. The summed E-state index contributed by atoms with van der Waals surface area (Å²) in [6, 6.07) is 14.8. The van der Waals surface area contributed by atoms with Crippen molar-refractivity contribution >= 4 is 28.9 Å². The Morgan fingerprint density at radius 3 is 2.69 bits per heavy atom. The third-order valence-corrected chi connectivity index (χ3v) is 5.18. The number of rotatable bonds is 8. The summed E-state index contributed by atoms with van der Waals surface area (Å²) in [5.74, 6) is 0.238. The van der Waals surface area contributed by atoms with Crippen molar-refractivity contribution < 1.29 is 14.5 Å². The zero-order valence-corrected chi connectivity index (χ0v) is 18.7. The van der Waals surface area contributed by atoms with Crippen molar-refractivity contribution in [2.24, 2.45) is 0 Å². The lowest BCUT2D eigenvalue weighted by Gasteiger charge is -2.20. The van der Waals surface area contributed by atoms with Gasteiger partial charge in [0, 0.05) is 42.0 Å². The van der Waals surface area contributed by atoms with E-state index >= 15 is 0 Å². The van der Waals surface area contributed by atoms with E-state index in [9.17, 15) is 14.9 Å². The topological polar surface area (TPSA) is 97.6 Å². The van der Waals surface area contributed by atoms with Crippen LogP contribution in [0.2, 0.25) is 5.02 Å². The van der Waals surface area contributed by atoms with Crippen LogP contribution in [-0.2, 0) is 6.54 Å². The lowest BCUT2D eigenvalue weighted by atomic mass is 10.1. The summed E-state index contributed by atoms with van der Waals surface area (Å²) in [7, 11) is 3.15. The second-order valence-corrected chi connectivity index (χ2v) is 7.66. The van der Waals surface area contributed by atoms with E-state index in [1.807, 2.05) is 19.1 Å². The smallest absolute Gasteiger partial charge is 0.293 e. The van der Waals surface area contributed by atoms with E-state index in [0.29, 0.717) is 16.5 Å². The number of methoxy groups -OCH3 is 1. The van der Waals surface area contributed by atoms with Gasteiger partial charge in [-0.2, -0.15) is 0 Å². The number of carbonyl (C=O) groups excluding carboxylic acids is 1. The fraction of sp³-hybridized carbons (Fsp3) is 0.217. The van der Waals surface area contributed by atoms with Crippen LogP contribution in [0.3, 0.4) is 0 Å². The molecule has 9 heteroatoms. The second-order valence-electron chi connectivity index (χ2n) is 7.23. The molecule has 1 unspecified atom stereocenters. The van der Waals surface area contributed by atoms with Gasteiger partial charge in [-0.3, -0.25) is 19.9 Å². The Morgan fingerprint density at radius 1 is 1.25 bits per heavy atom. The molecule has 1 amide bonds. The molecule has 0 aliphatic rings. The zero-order chi connectivity index (χ0) is 23.3. The second kappa shape index (κ2) is 10.1. The molecule has 3 rings (SSSR count). The van der Waals surface area contributed by atoms with Crippen LogP contribution in [0.5, 0.6) is 5.75 Å². The molecule has 0 saturated carbocycles. The molecule has 0 saturated heterocycles. The summed E-state index contributed by atoms with van der Waals surface area (Å²) >= 11 is 6.07. The molecule has 166 valence electrons. The van der Waals surface area contributed by atoms with Gasteiger partial charge in [0.25, 0.3) is 11.6 Å². The fourth-order valence-electron chi connectivity index (χ4n) is 3.30. The van der Waals surface area contributed by atoms with Crippen molar-refractivity contribution in [3.8, 4) is 5.75 Å². The molecule has 0 spiro atoms. The number of nitro groups is 1. The van der Waals surface area contributed by atoms with Gasteiger partial charge in [-0.15, -0.1) is 0 Å². The van der Waals surface area contributed by atoms with E-state index in [0.717, 1.165) is 11.3 Å². The van der Waals surface area contributed by atoms with Crippen molar-refractivity contribution in [2.45, 2.75) is 19.5 Å². The minimum atomic E-state index is -0.510. The highest BCUT2D eigenvalue weighted by atomic mass is 35.5. The number of hydrogen-bond donors (Lipinski definition) is 1. The average Bonchev–Trinajstić information content (AvgIpc) is 2.79. The standard InChI is InChI=1S/C23H23ClN4O4/c1-15(19-6-4-5-11-25-19)26-20-9-7-16(13-21(20)28(30)31)23(29)27(2)14-17-12-18(24)8-10-22(17)32-3/h4-13,15,26H,14H2,1-3H3. The Balaban J connectivity index is 1.82. The number of hydrogen-bond acceptors (Lipinski definition) is 6. The molecule has 32 heavy (non-hydrogen) atoms. The Kier molecular flexibility index (Phi) is 7.27. The van der Waals surface area contributed by atoms with Crippen LogP contribution in [-0.4, -0.2) is 34.9 Å². The molecule has 0 fully saturated rings. The van der Waals surface area contributed by atoms with Crippen molar-refractivity contribution in [3.05, 3.63) is 92.8 Å². The SMILES string of the molecule is COc1ccc(Cl)cc1CN(C)C(=O)c1ccc(NC(C)c2ccccn2)c([N+](=O)[O-])c1. The summed E-state index contributed by atoms with van der Waals surface area (Å²) < 4.78 is 5.33. The highest BCUT2D eigenvalue weighted by Crippen LogP contribution is 2.30. The molecule has 1 aromatic heterocycles. The molecule has 8 nitrogen and oxygen atoms in total. The summed E-state index contributed by atoms with van der Waals surface area (Å²) in [4.78, 5) is 29.9. The van der Waals surface area contributed by atoms with Gasteiger partial charge in [-0.05, 0) is 49.4 Å². The van der Waals surface area contributed by atoms with Gasteiger partial charge in [-0.25, -0.2) is 0 Å². The van der Waals surface area contributed by atoms with Crippen molar-refractivity contribution in [1.29, 1.82) is 0 Å². The minimum Gasteiger partial charge on any atom is -0.496 e. The van der Waals surface area contributed by atoms with Crippen molar-refractivity contribution in [2.75, 3.05) is 19.5 Å². The van der Waals surface area contributed by atoms with E-state index in [1.165, 1.54) is 18.1 Å². The van der Waals surface area contributed by atoms with Crippen LogP contribution in [0.4, 0.5) is 11.4 Å². The quantitative estimate of drug-likeness (QED) is 0.375. The van der Waals surface area contributed by atoms with Crippen LogP contribution in [0.25, 0.3) is 0 Å². The Bertz CT molecular complexity index is 1120. The number of nitrogens with one attached hydrogen (secondary N) is 1. The molecular formula is C23H23ClN4O4. The molecule has 3 aromatic rings. The molecule has 0 aliphatic carbocycles. The largest absolute Gasteiger partial charge is 0.496 e. The lowest BCUT2D eigenvalue weighted by molar-refractivity contribution is -0.384. The number of nitrogens with zero attached hydrogens (tertiary/aromatic N) is 3. The van der Waals surface area contributed by atoms with Crippen LogP contribution >= 0.6 is 11.6 Å². The molecule has 0 aliphatic heterocycles. The van der Waals surface area contributed by atoms with Gasteiger partial charge in [-0.1, -0.05) is 17.7 Å². The number of amides is 1. The Labute approximate surface area is 190 Å². The first-order valence-electron chi connectivity index (χ1n) is 9.84. The van der Waals surface area contributed by atoms with Crippen LogP contribution in [0.15, 0.2) is 60.8 Å². The van der Waals surface area contributed by atoms with Gasteiger partial charge in [0.1, 0.15) is 11.4 Å². The van der Waals surface area contributed by atoms with Crippen LogP contribution in [0, 0.1) is 10.1 Å². The summed E-state index contributed by atoms with van der Waals surface area (Å²) in [6.07, 6.45) is 1.66. The van der Waals surface area contributed by atoms with E-state index in [2.05, 4.69) is 10.3 Å². The number of halogens is 1. The highest BCUT2D eigenvalue weighted by molar-refractivity contribution is 6.30. The number of benzene rings is 2. The van der Waals surface area contributed by atoms with E-state index in [1.54, 1.807) is 49.6 Å². The van der Waals surface area contributed by atoms with Crippen molar-refractivity contribution in [3.63, 3.8) is 0 Å². The lowest BCUT2D eigenvalue weighted by Crippen LogP contribution is -2.26. The van der Waals surface area contributed by atoms with E-state index in [4.69, 9.17) is 16.3 Å². The first-order chi connectivity index (χ1) is 15.3. The number of carbonyl (C=O) groups is 1. The van der Waals surface area contributed by atoms with Gasteiger partial charge in [0.15, 0.2) is 0 Å². The number of nitro benzene ring substituents is 1. The first-order valence-corrected chi connectivity index (χ1v) is 10.2. The third kappa shape index (κ3) is 5.33. The van der Waals surface area contributed by atoms with Crippen LogP contribution in [0.1, 0.15) is 34.6 Å². The summed E-state index contributed by atoms with van der Waals surface area (Å²) in [6.45, 7) is 2.09. The van der Waals surface area contributed by atoms with Gasteiger partial charge in [0.05, 0.1) is 23.8 Å². The Morgan fingerprint density at radius 2 is 2.03 bits per heavy atom. The first kappa shape index (κ1) is 23.0. The average molecular weight is 455 g/mol. The predicted octanol–water partition coefficient (Wildman–Crippen LogP) is 5.10. The fourth-order valence-corrected chi connectivity index (χ4v) is 3.49. The van der Waals surface area contributed by atoms with E-state index < -0.39 is 4.92 Å². The molecule has 1 atom stereocenters. The highest BCUT2D eigenvalue weighted by Gasteiger charge is 2.22. The van der Waals surface area contributed by atoms with Gasteiger partial charge >= 0.3 is 0 Å². The zero-order valence-electron chi connectivity index (χ0n) is 17.9. The number of anilines is 1.